The first kappa shape index (κ1) is 69.8. The van der Waals surface area contributed by atoms with Crippen LogP contribution in [0.25, 0.3) is 0 Å². The normalized spacial score (nSPS) is 13.0. The highest BCUT2D eigenvalue weighted by Crippen LogP contribution is 2.14. The molecule has 6 heteroatoms. The first-order valence-electron chi connectivity index (χ1n) is 30.5. The molecule has 0 heterocycles. The number of hydrogen-bond acceptors (Lipinski definition) is 6. The molecule has 0 radical (unpaired) electrons. The average Bonchev–Trinajstić information content (AvgIpc) is 3.40. The lowest BCUT2D eigenvalue weighted by Crippen LogP contribution is -2.30. The Hall–Kier alpha value is -4.19. The van der Waals surface area contributed by atoms with Crippen LogP contribution in [0.3, 0.4) is 0 Å². The van der Waals surface area contributed by atoms with Crippen LogP contribution in [0.5, 0.6) is 0 Å². The van der Waals surface area contributed by atoms with Crippen LogP contribution in [0, 0.1) is 0 Å². The van der Waals surface area contributed by atoms with Gasteiger partial charge >= 0.3 is 17.9 Å². The van der Waals surface area contributed by atoms with E-state index < -0.39 is 6.10 Å². The Morgan fingerprint density at radius 3 is 0.892 bits per heavy atom. The van der Waals surface area contributed by atoms with Crippen molar-refractivity contribution in [2.24, 2.45) is 0 Å². The van der Waals surface area contributed by atoms with Gasteiger partial charge in [-0.2, -0.15) is 0 Å². The first-order valence-corrected chi connectivity index (χ1v) is 30.5. The summed E-state index contributed by atoms with van der Waals surface area (Å²) in [5.74, 6) is -0.920. The second-order valence-electron chi connectivity index (χ2n) is 19.9. The second kappa shape index (κ2) is 61.4. The van der Waals surface area contributed by atoms with Crippen LogP contribution in [-0.4, -0.2) is 37.2 Å². The third kappa shape index (κ3) is 58.7. The molecule has 1 atom stereocenters. The van der Waals surface area contributed by atoms with E-state index >= 15 is 0 Å². The molecule has 0 N–H and O–H groups in total. The summed E-state index contributed by atoms with van der Waals surface area (Å²) in [7, 11) is 0. The zero-order valence-electron chi connectivity index (χ0n) is 48.1. The highest BCUT2D eigenvalue weighted by atomic mass is 16.6. The predicted molar refractivity (Wildman–Crippen MR) is 320 cm³/mol. The standard InChI is InChI=1S/C68H112O6/c1-4-7-10-13-16-19-22-24-26-28-29-30-31-32-33-34-35-36-37-38-39-41-42-44-46-49-52-55-58-61-67(70)73-64-65(63-72-66(69)60-57-54-51-48-21-18-15-12-9-6-3)74-68(71)62-59-56-53-50-47-45-43-40-27-25-23-20-17-14-11-8-5-2/h7,10,12,15-17,19-20,24-27,29-30,32-33,35-36,38-39,65H,4-6,8-9,11,13-14,18,21-23,28,31,34,37,40-64H2,1-3H3/b10-7-,15-12-,19-16-,20-17-,26-24-,27-25-,30-29-,33-32-,36-35-,39-38-. The highest BCUT2D eigenvalue weighted by molar-refractivity contribution is 5.71. The van der Waals surface area contributed by atoms with Gasteiger partial charge in [0.15, 0.2) is 6.10 Å². The summed E-state index contributed by atoms with van der Waals surface area (Å²) in [4.78, 5) is 38.1. The second-order valence-corrected chi connectivity index (χ2v) is 19.9. The van der Waals surface area contributed by atoms with Crippen LogP contribution < -0.4 is 0 Å². The van der Waals surface area contributed by atoms with E-state index in [0.29, 0.717) is 19.3 Å². The smallest absolute Gasteiger partial charge is 0.306 e. The molecule has 6 nitrogen and oxygen atoms in total. The van der Waals surface area contributed by atoms with Gasteiger partial charge in [0.1, 0.15) is 13.2 Å². The van der Waals surface area contributed by atoms with E-state index in [1.165, 1.54) is 89.9 Å². The lowest BCUT2D eigenvalue weighted by Gasteiger charge is -2.18. The van der Waals surface area contributed by atoms with Crippen molar-refractivity contribution in [2.45, 2.75) is 277 Å². The van der Waals surface area contributed by atoms with Gasteiger partial charge in [-0.1, -0.05) is 245 Å². The Balaban J connectivity index is 4.29. The Morgan fingerprint density at radius 1 is 0.284 bits per heavy atom. The van der Waals surface area contributed by atoms with Gasteiger partial charge in [-0.05, 0) is 128 Å². The van der Waals surface area contributed by atoms with Crippen molar-refractivity contribution in [3.05, 3.63) is 122 Å². The van der Waals surface area contributed by atoms with E-state index in [1.54, 1.807) is 0 Å². The molecule has 1 unspecified atom stereocenters. The molecular formula is C68H112O6. The molecule has 74 heavy (non-hydrogen) atoms. The first-order chi connectivity index (χ1) is 36.5. The molecule has 0 aliphatic carbocycles. The zero-order chi connectivity index (χ0) is 53.6. The lowest BCUT2D eigenvalue weighted by molar-refractivity contribution is -0.167. The quantitative estimate of drug-likeness (QED) is 0.0261. The topological polar surface area (TPSA) is 78.9 Å². The lowest BCUT2D eigenvalue weighted by atomic mass is 10.1. The van der Waals surface area contributed by atoms with Crippen molar-refractivity contribution >= 4 is 17.9 Å². The van der Waals surface area contributed by atoms with E-state index in [4.69, 9.17) is 14.2 Å². The van der Waals surface area contributed by atoms with Crippen molar-refractivity contribution in [1.82, 2.24) is 0 Å². The van der Waals surface area contributed by atoms with Crippen molar-refractivity contribution in [2.75, 3.05) is 13.2 Å². The molecule has 0 aromatic rings. The van der Waals surface area contributed by atoms with E-state index in [-0.39, 0.29) is 31.1 Å². The predicted octanol–water partition coefficient (Wildman–Crippen LogP) is 20.8. The van der Waals surface area contributed by atoms with Crippen LogP contribution in [0.1, 0.15) is 271 Å². The van der Waals surface area contributed by atoms with Gasteiger partial charge in [0.2, 0.25) is 0 Å². The van der Waals surface area contributed by atoms with E-state index in [0.717, 1.165) is 141 Å². The molecule has 0 amide bonds. The van der Waals surface area contributed by atoms with Crippen molar-refractivity contribution < 1.29 is 28.6 Å². The van der Waals surface area contributed by atoms with E-state index in [1.807, 2.05) is 0 Å². The minimum absolute atomic E-state index is 0.0911. The molecule has 0 bridgehead atoms. The number of ether oxygens (including phenoxy) is 3. The molecule has 0 aromatic carbocycles. The van der Waals surface area contributed by atoms with Crippen LogP contribution >= 0.6 is 0 Å². The number of carbonyl (C=O) groups is 3. The summed E-state index contributed by atoms with van der Waals surface area (Å²) in [5.41, 5.74) is 0. The Labute approximate surface area is 456 Å². The number of esters is 3. The van der Waals surface area contributed by atoms with Gasteiger partial charge in [-0.25, -0.2) is 0 Å². The molecule has 0 aliphatic heterocycles. The Kier molecular flexibility index (Phi) is 57.9. The third-order valence-electron chi connectivity index (χ3n) is 12.7. The zero-order valence-corrected chi connectivity index (χ0v) is 48.1. The van der Waals surface area contributed by atoms with Gasteiger partial charge in [0.05, 0.1) is 0 Å². The number of hydrogen-bond donors (Lipinski definition) is 0. The number of carbonyl (C=O) groups excluding carboxylic acids is 3. The van der Waals surface area contributed by atoms with Crippen molar-refractivity contribution in [1.29, 1.82) is 0 Å². The van der Waals surface area contributed by atoms with Crippen LogP contribution in [0.4, 0.5) is 0 Å². The number of allylic oxidation sites excluding steroid dienone is 20. The summed E-state index contributed by atoms with van der Waals surface area (Å²) >= 11 is 0. The molecule has 0 fully saturated rings. The fourth-order valence-corrected chi connectivity index (χ4v) is 8.10. The third-order valence-corrected chi connectivity index (χ3v) is 12.7. The molecule has 0 aliphatic rings. The summed E-state index contributed by atoms with van der Waals surface area (Å²) in [5, 5.41) is 0. The molecule has 0 aromatic heterocycles. The summed E-state index contributed by atoms with van der Waals surface area (Å²) < 4.78 is 16.8. The van der Waals surface area contributed by atoms with Gasteiger partial charge in [0, 0.05) is 19.3 Å². The molecule has 0 saturated carbocycles. The molecule has 420 valence electrons. The van der Waals surface area contributed by atoms with Crippen LogP contribution in [0.15, 0.2) is 122 Å². The van der Waals surface area contributed by atoms with E-state index in [9.17, 15) is 14.4 Å². The van der Waals surface area contributed by atoms with Gasteiger partial charge in [0.25, 0.3) is 0 Å². The van der Waals surface area contributed by atoms with E-state index in [2.05, 4.69) is 142 Å². The molecule has 0 spiro atoms. The monoisotopic (exact) mass is 1020 g/mol. The van der Waals surface area contributed by atoms with Crippen LogP contribution in [0.2, 0.25) is 0 Å². The van der Waals surface area contributed by atoms with Crippen molar-refractivity contribution in [3.8, 4) is 0 Å². The average molecular weight is 1030 g/mol. The Bertz CT molecular complexity index is 1550. The maximum Gasteiger partial charge on any atom is 0.306 e. The number of unbranched alkanes of at least 4 members (excludes halogenated alkanes) is 23. The fraction of sp³-hybridized carbons (Fsp3) is 0.662. The van der Waals surface area contributed by atoms with Crippen molar-refractivity contribution in [3.63, 3.8) is 0 Å². The Morgan fingerprint density at radius 2 is 0.554 bits per heavy atom. The highest BCUT2D eigenvalue weighted by Gasteiger charge is 2.19. The summed E-state index contributed by atoms with van der Waals surface area (Å²) in [6.07, 6.45) is 84.9. The number of rotatable bonds is 54. The largest absolute Gasteiger partial charge is 0.462 e. The summed E-state index contributed by atoms with van der Waals surface area (Å²) in [6.45, 7) is 6.42. The fourth-order valence-electron chi connectivity index (χ4n) is 8.10. The molecular weight excluding hydrogens is 913 g/mol. The molecule has 0 saturated heterocycles. The minimum Gasteiger partial charge on any atom is -0.462 e. The minimum atomic E-state index is -0.793. The maximum atomic E-state index is 12.9. The van der Waals surface area contributed by atoms with Gasteiger partial charge in [-0.3, -0.25) is 14.4 Å². The summed E-state index contributed by atoms with van der Waals surface area (Å²) in [6, 6.07) is 0. The molecule has 0 rings (SSSR count). The van der Waals surface area contributed by atoms with Gasteiger partial charge < -0.3 is 14.2 Å². The SMILES string of the molecule is CC/C=C\C/C=C\C/C=C\C/C=C\C/C=C\C/C=C\C/C=C\CCCCCCCCCC(=O)OCC(COC(=O)CCCCCCC/C=C\CCC)OC(=O)CCCCCCCCC/C=C\C/C=C\CCCCC. The van der Waals surface area contributed by atoms with Gasteiger partial charge in [-0.15, -0.1) is 0 Å². The van der Waals surface area contributed by atoms with Crippen LogP contribution in [-0.2, 0) is 28.6 Å². The maximum absolute atomic E-state index is 12.9.